The molecule has 2 rings (SSSR count). The molecule has 0 bridgehead atoms. The Bertz CT molecular complexity index is 357. The summed E-state index contributed by atoms with van der Waals surface area (Å²) in [4.78, 5) is 11.7. The van der Waals surface area contributed by atoms with E-state index in [0.717, 1.165) is 0 Å². The molecule has 1 saturated heterocycles. The van der Waals surface area contributed by atoms with Gasteiger partial charge in [-0.2, -0.15) is 0 Å². The van der Waals surface area contributed by atoms with Gasteiger partial charge in [-0.25, -0.2) is 0 Å². The minimum atomic E-state index is -0.553. The first-order valence-electron chi connectivity index (χ1n) is 5.05. The van der Waals surface area contributed by atoms with Gasteiger partial charge in [0, 0.05) is 5.69 Å². The zero-order chi connectivity index (χ0) is 11.4. The van der Waals surface area contributed by atoms with Crippen molar-refractivity contribution in [2.75, 3.05) is 25.1 Å². The van der Waals surface area contributed by atoms with Gasteiger partial charge in [0.15, 0.2) is 6.10 Å². The third-order valence-electron chi connectivity index (χ3n) is 2.24. The van der Waals surface area contributed by atoms with E-state index >= 15 is 0 Å². The highest BCUT2D eigenvalue weighted by Crippen LogP contribution is 2.14. The predicted molar refractivity (Wildman–Crippen MR) is 57.3 cm³/mol. The first-order valence-corrected chi connectivity index (χ1v) is 5.05. The van der Waals surface area contributed by atoms with Crippen molar-refractivity contribution >= 4 is 11.6 Å². The van der Waals surface area contributed by atoms with Gasteiger partial charge < -0.3 is 19.9 Å². The zero-order valence-corrected chi connectivity index (χ0v) is 8.68. The second-order valence-corrected chi connectivity index (χ2v) is 3.47. The molecule has 0 spiro atoms. The van der Waals surface area contributed by atoms with Gasteiger partial charge in [0.05, 0.1) is 19.8 Å². The molecule has 1 aliphatic rings. The number of hydrogen-bond donors (Lipinski definition) is 2. The topological polar surface area (TPSA) is 67.8 Å². The highest BCUT2D eigenvalue weighted by Gasteiger charge is 2.22. The van der Waals surface area contributed by atoms with Gasteiger partial charge in [-0.15, -0.1) is 0 Å². The minimum Gasteiger partial charge on any atom is -0.508 e. The number of carbonyl (C=O) groups is 1. The minimum absolute atomic E-state index is 0.162. The van der Waals surface area contributed by atoms with Crippen LogP contribution in [0.15, 0.2) is 24.3 Å². The van der Waals surface area contributed by atoms with Gasteiger partial charge in [0.25, 0.3) is 5.91 Å². The summed E-state index contributed by atoms with van der Waals surface area (Å²) >= 11 is 0. The summed E-state index contributed by atoms with van der Waals surface area (Å²) in [5.74, 6) is -0.0689. The molecule has 1 atom stereocenters. The smallest absolute Gasteiger partial charge is 0.255 e. The van der Waals surface area contributed by atoms with Crippen molar-refractivity contribution in [3.05, 3.63) is 24.3 Å². The normalized spacial score (nSPS) is 20.4. The van der Waals surface area contributed by atoms with E-state index in [1.807, 2.05) is 0 Å². The molecule has 1 fully saturated rings. The first kappa shape index (κ1) is 10.9. The number of aromatic hydroxyl groups is 1. The summed E-state index contributed by atoms with van der Waals surface area (Å²) in [5, 5.41) is 11.8. The van der Waals surface area contributed by atoms with Gasteiger partial charge in [0.1, 0.15) is 5.75 Å². The van der Waals surface area contributed by atoms with E-state index in [-0.39, 0.29) is 18.3 Å². The fraction of sp³-hybridized carbons (Fsp3) is 0.364. The largest absolute Gasteiger partial charge is 0.508 e. The van der Waals surface area contributed by atoms with Crippen LogP contribution in [0.25, 0.3) is 0 Å². The van der Waals surface area contributed by atoms with Crippen LogP contribution in [0.4, 0.5) is 5.69 Å². The lowest BCUT2D eigenvalue weighted by atomic mass is 10.2. The van der Waals surface area contributed by atoms with Crippen LogP contribution in [0.1, 0.15) is 0 Å². The maximum Gasteiger partial charge on any atom is 0.255 e. The number of amides is 1. The molecule has 5 nitrogen and oxygen atoms in total. The molecule has 0 aromatic heterocycles. The van der Waals surface area contributed by atoms with Gasteiger partial charge >= 0.3 is 0 Å². The molecule has 16 heavy (non-hydrogen) atoms. The lowest BCUT2D eigenvalue weighted by molar-refractivity contribution is -0.142. The van der Waals surface area contributed by atoms with E-state index in [1.54, 1.807) is 12.1 Å². The van der Waals surface area contributed by atoms with Crippen LogP contribution in [0.2, 0.25) is 0 Å². The van der Waals surface area contributed by atoms with E-state index in [4.69, 9.17) is 14.6 Å². The van der Waals surface area contributed by atoms with Gasteiger partial charge in [-0.3, -0.25) is 4.79 Å². The maximum absolute atomic E-state index is 11.7. The predicted octanol–water partition coefficient (Wildman–Crippen LogP) is 0.746. The average Bonchev–Trinajstić information content (AvgIpc) is 2.33. The number of carbonyl (C=O) groups excluding carboxylic acids is 1. The van der Waals surface area contributed by atoms with Crippen LogP contribution in [-0.4, -0.2) is 36.9 Å². The fourth-order valence-corrected chi connectivity index (χ4v) is 1.41. The van der Waals surface area contributed by atoms with Crippen molar-refractivity contribution in [1.82, 2.24) is 0 Å². The summed E-state index contributed by atoms with van der Waals surface area (Å²) in [5.41, 5.74) is 0.622. The number of phenolic OH excluding ortho intramolecular Hbond substituents is 1. The number of nitrogens with one attached hydrogen (secondary N) is 1. The van der Waals surface area contributed by atoms with E-state index in [9.17, 15) is 4.79 Å². The lowest BCUT2D eigenvalue weighted by Gasteiger charge is -2.22. The van der Waals surface area contributed by atoms with E-state index in [1.165, 1.54) is 12.1 Å². The number of ether oxygens (including phenoxy) is 2. The summed E-state index contributed by atoms with van der Waals surface area (Å²) in [6, 6.07) is 6.26. The Balaban J connectivity index is 1.93. The highest BCUT2D eigenvalue weighted by molar-refractivity contribution is 5.94. The van der Waals surface area contributed by atoms with Gasteiger partial charge in [0.2, 0.25) is 0 Å². The van der Waals surface area contributed by atoms with Crippen LogP contribution in [0.3, 0.4) is 0 Å². The molecule has 1 aromatic carbocycles. The number of phenols is 1. The average molecular weight is 223 g/mol. The third kappa shape index (κ3) is 2.71. The Kier molecular flexibility index (Phi) is 3.38. The second-order valence-electron chi connectivity index (χ2n) is 3.47. The number of hydrogen-bond acceptors (Lipinski definition) is 4. The molecule has 0 saturated carbocycles. The highest BCUT2D eigenvalue weighted by atomic mass is 16.6. The molecular weight excluding hydrogens is 210 g/mol. The second kappa shape index (κ2) is 4.96. The van der Waals surface area contributed by atoms with Crippen molar-refractivity contribution in [3.63, 3.8) is 0 Å². The SMILES string of the molecule is O=C(Nc1ccc(O)cc1)C1COCCO1. The van der Waals surface area contributed by atoms with Crippen LogP contribution in [0, 0.1) is 0 Å². The third-order valence-corrected chi connectivity index (χ3v) is 2.24. The summed E-state index contributed by atoms with van der Waals surface area (Å²) < 4.78 is 10.4. The summed E-state index contributed by atoms with van der Waals surface area (Å²) in [7, 11) is 0. The molecular formula is C11H13NO4. The quantitative estimate of drug-likeness (QED) is 0.726. The van der Waals surface area contributed by atoms with Gasteiger partial charge in [-0.1, -0.05) is 0 Å². The van der Waals surface area contributed by atoms with Crippen molar-refractivity contribution in [1.29, 1.82) is 0 Å². The monoisotopic (exact) mass is 223 g/mol. The Labute approximate surface area is 93.0 Å². The van der Waals surface area contributed by atoms with Crippen molar-refractivity contribution < 1.29 is 19.4 Å². The Hall–Kier alpha value is -1.59. The Morgan fingerprint density at radius 2 is 2.06 bits per heavy atom. The standard InChI is InChI=1S/C11H13NO4/c13-9-3-1-8(2-4-9)12-11(14)10-7-15-5-6-16-10/h1-4,10,13H,5-7H2,(H,12,14). The van der Waals surface area contributed by atoms with E-state index in [0.29, 0.717) is 18.9 Å². The number of benzene rings is 1. The molecule has 5 heteroatoms. The molecule has 0 radical (unpaired) electrons. The van der Waals surface area contributed by atoms with Gasteiger partial charge in [-0.05, 0) is 24.3 Å². The number of anilines is 1. The molecule has 1 unspecified atom stereocenters. The Morgan fingerprint density at radius 3 is 2.69 bits per heavy atom. The summed E-state index contributed by atoms with van der Waals surface area (Å²) in [6.07, 6.45) is -0.553. The maximum atomic E-state index is 11.7. The van der Waals surface area contributed by atoms with Crippen LogP contribution in [0.5, 0.6) is 5.75 Å². The van der Waals surface area contributed by atoms with Crippen LogP contribution >= 0.6 is 0 Å². The van der Waals surface area contributed by atoms with Crippen molar-refractivity contribution in [2.24, 2.45) is 0 Å². The molecule has 1 heterocycles. The molecule has 1 amide bonds. The van der Waals surface area contributed by atoms with Crippen molar-refractivity contribution in [2.45, 2.75) is 6.10 Å². The van der Waals surface area contributed by atoms with Crippen LogP contribution in [-0.2, 0) is 14.3 Å². The Morgan fingerprint density at radius 1 is 1.31 bits per heavy atom. The lowest BCUT2D eigenvalue weighted by Crippen LogP contribution is -2.39. The van der Waals surface area contributed by atoms with E-state index in [2.05, 4.69) is 5.32 Å². The zero-order valence-electron chi connectivity index (χ0n) is 8.68. The molecule has 1 aromatic rings. The fourth-order valence-electron chi connectivity index (χ4n) is 1.41. The molecule has 0 aliphatic carbocycles. The molecule has 2 N–H and O–H groups in total. The molecule has 86 valence electrons. The summed E-state index contributed by atoms with van der Waals surface area (Å²) in [6.45, 7) is 1.25. The van der Waals surface area contributed by atoms with E-state index < -0.39 is 6.10 Å². The molecule has 1 aliphatic heterocycles. The first-order chi connectivity index (χ1) is 7.75. The van der Waals surface area contributed by atoms with Crippen molar-refractivity contribution in [3.8, 4) is 5.75 Å². The number of rotatable bonds is 2. The van der Waals surface area contributed by atoms with Crippen LogP contribution < -0.4 is 5.32 Å².